The van der Waals surface area contributed by atoms with Crippen molar-refractivity contribution in [3.05, 3.63) is 74.9 Å². The number of nitrogens with one attached hydrogen (secondary N) is 1. The summed E-state index contributed by atoms with van der Waals surface area (Å²) in [4.78, 5) is 22.5. The van der Waals surface area contributed by atoms with Gasteiger partial charge >= 0.3 is 5.69 Å². The zero-order chi connectivity index (χ0) is 19.2. The number of ether oxygens (including phenoxy) is 1. The standard InChI is InChI=1S/C17H15BrN4O5/c18-12-9-20-21(10-12)8-7-19-17(23)16-6-5-13(27-16)11-26-15-4-2-1-3-14(15)22(24)25/h1-6,9-10H,7-8,11H2,(H,19,23). The van der Waals surface area contributed by atoms with E-state index in [2.05, 4.69) is 26.3 Å². The summed E-state index contributed by atoms with van der Waals surface area (Å²) in [6.07, 6.45) is 3.47. The van der Waals surface area contributed by atoms with Crippen LogP contribution in [0.4, 0.5) is 5.69 Å². The van der Waals surface area contributed by atoms with Crippen LogP contribution in [0.1, 0.15) is 16.3 Å². The molecule has 3 aromatic rings. The van der Waals surface area contributed by atoms with Crippen LogP contribution in [0.25, 0.3) is 0 Å². The first-order valence-electron chi connectivity index (χ1n) is 7.94. The van der Waals surface area contributed by atoms with Gasteiger partial charge in [-0.15, -0.1) is 0 Å². The smallest absolute Gasteiger partial charge is 0.310 e. The largest absolute Gasteiger partial charge is 0.479 e. The van der Waals surface area contributed by atoms with Gasteiger partial charge in [0.2, 0.25) is 0 Å². The number of hydrogen-bond acceptors (Lipinski definition) is 6. The van der Waals surface area contributed by atoms with Crippen LogP contribution in [0.2, 0.25) is 0 Å². The lowest BCUT2D eigenvalue weighted by atomic mass is 10.3. The fourth-order valence-corrected chi connectivity index (χ4v) is 2.62. The van der Waals surface area contributed by atoms with Crippen molar-refractivity contribution in [2.75, 3.05) is 6.54 Å². The Morgan fingerprint density at radius 3 is 2.89 bits per heavy atom. The number of nitro groups is 1. The van der Waals surface area contributed by atoms with E-state index in [9.17, 15) is 14.9 Å². The van der Waals surface area contributed by atoms with E-state index in [0.717, 1.165) is 4.47 Å². The van der Waals surface area contributed by atoms with Crippen molar-refractivity contribution in [1.29, 1.82) is 0 Å². The molecule has 0 unspecified atom stereocenters. The third-order valence-corrected chi connectivity index (χ3v) is 3.96. The second-order valence-corrected chi connectivity index (χ2v) is 6.37. The third kappa shape index (κ3) is 4.94. The molecule has 27 heavy (non-hydrogen) atoms. The number of carbonyl (C=O) groups is 1. The molecule has 140 valence electrons. The summed E-state index contributed by atoms with van der Waals surface area (Å²) in [7, 11) is 0. The van der Waals surface area contributed by atoms with Crippen molar-refractivity contribution < 1.29 is 18.9 Å². The number of rotatable bonds is 8. The van der Waals surface area contributed by atoms with Crippen molar-refractivity contribution in [3.8, 4) is 5.75 Å². The number of hydrogen-bond donors (Lipinski definition) is 1. The number of carbonyl (C=O) groups excluding carboxylic acids is 1. The Morgan fingerprint density at radius 2 is 2.15 bits per heavy atom. The highest BCUT2D eigenvalue weighted by molar-refractivity contribution is 9.10. The molecule has 10 heteroatoms. The Morgan fingerprint density at radius 1 is 1.33 bits per heavy atom. The van der Waals surface area contributed by atoms with Crippen LogP contribution in [0.15, 0.2) is 57.7 Å². The second kappa shape index (κ2) is 8.49. The van der Waals surface area contributed by atoms with E-state index in [0.29, 0.717) is 18.8 Å². The van der Waals surface area contributed by atoms with E-state index in [4.69, 9.17) is 9.15 Å². The molecule has 0 aliphatic heterocycles. The minimum absolute atomic E-state index is 0.0283. The number of halogens is 1. The quantitative estimate of drug-likeness (QED) is 0.430. The van der Waals surface area contributed by atoms with Crippen LogP contribution in [-0.4, -0.2) is 27.2 Å². The van der Waals surface area contributed by atoms with Crippen LogP contribution in [0.3, 0.4) is 0 Å². The average molecular weight is 435 g/mol. The zero-order valence-electron chi connectivity index (χ0n) is 14.0. The zero-order valence-corrected chi connectivity index (χ0v) is 15.6. The Kier molecular flexibility index (Phi) is 5.87. The van der Waals surface area contributed by atoms with E-state index < -0.39 is 4.92 Å². The van der Waals surface area contributed by atoms with Gasteiger partial charge in [0.05, 0.1) is 22.1 Å². The van der Waals surface area contributed by atoms with Gasteiger partial charge in [-0.3, -0.25) is 19.6 Å². The number of para-hydroxylation sites is 2. The monoisotopic (exact) mass is 434 g/mol. The predicted octanol–water partition coefficient (Wildman–Crippen LogP) is 3.16. The molecule has 0 saturated carbocycles. The molecule has 1 aromatic carbocycles. The summed E-state index contributed by atoms with van der Waals surface area (Å²) < 4.78 is 13.4. The number of furan rings is 1. The van der Waals surface area contributed by atoms with E-state index in [1.54, 1.807) is 35.3 Å². The number of benzene rings is 1. The SMILES string of the molecule is O=C(NCCn1cc(Br)cn1)c1ccc(COc2ccccc2[N+](=O)[O-])o1. The molecular formula is C17H15BrN4O5. The summed E-state index contributed by atoms with van der Waals surface area (Å²) in [6.45, 7) is 0.876. The molecular weight excluding hydrogens is 420 g/mol. The molecule has 2 aromatic heterocycles. The average Bonchev–Trinajstić information content (AvgIpc) is 3.29. The number of amides is 1. The highest BCUT2D eigenvalue weighted by atomic mass is 79.9. The summed E-state index contributed by atoms with van der Waals surface area (Å²) in [6, 6.07) is 9.17. The number of aromatic nitrogens is 2. The number of nitro benzene ring substituents is 1. The van der Waals surface area contributed by atoms with E-state index in [1.807, 2.05) is 0 Å². The number of nitrogens with zero attached hydrogens (tertiary/aromatic N) is 3. The van der Waals surface area contributed by atoms with E-state index in [1.165, 1.54) is 18.2 Å². The molecule has 0 radical (unpaired) electrons. The lowest BCUT2D eigenvalue weighted by Gasteiger charge is -2.05. The molecule has 2 heterocycles. The lowest BCUT2D eigenvalue weighted by molar-refractivity contribution is -0.386. The minimum Gasteiger partial charge on any atom is -0.479 e. The van der Waals surface area contributed by atoms with E-state index in [-0.39, 0.29) is 29.7 Å². The molecule has 0 spiro atoms. The maximum atomic E-state index is 12.1. The Bertz CT molecular complexity index is 952. The van der Waals surface area contributed by atoms with Gasteiger partial charge in [0.25, 0.3) is 5.91 Å². The summed E-state index contributed by atoms with van der Waals surface area (Å²) in [5.41, 5.74) is -0.132. The molecule has 0 bridgehead atoms. The highest BCUT2D eigenvalue weighted by Gasteiger charge is 2.15. The topological polar surface area (TPSA) is 112 Å². The Hall–Kier alpha value is -3.14. The molecule has 9 nitrogen and oxygen atoms in total. The van der Waals surface area contributed by atoms with Gasteiger partial charge in [-0.2, -0.15) is 5.10 Å². The third-order valence-electron chi connectivity index (χ3n) is 3.55. The molecule has 1 N–H and O–H groups in total. The fraction of sp³-hybridized carbons (Fsp3) is 0.176. The molecule has 1 amide bonds. The first kappa shape index (κ1) is 18.6. The maximum absolute atomic E-state index is 12.1. The molecule has 0 fully saturated rings. The second-order valence-electron chi connectivity index (χ2n) is 5.46. The molecule has 0 saturated heterocycles. The fourth-order valence-electron chi connectivity index (χ4n) is 2.29. The van der Waals surface area contributed by atoms with Crippen LogP contribution >= 0.6 is 15.9 Å². The van der Waals surface area contributed by atoms with E-state index >= 15 is 0 Å². The van der Waals surface area contributed by atoms with Gasteiger partial charge in [-0.05, 0) is 34.1 Å². The molecule has 0 atom stereocenters. The molecule has 0 aliphatic carbocycles. The van der Waals surface area contributed by atoms with Crippen LogP contribution in [-0.2, 0) is 13.2 Å². The van der Waals surface area contributed by atoms with Gasteiger partial charge in [0.15, 0.2) is 11.5 Å². The van der Waals surface area contributed by atoms with Gasteiger partial charge in [0, 0.05) is 18.8 Å². The summed E-state index contributed by atoms with van der Waals surface area (Å²) in [5, 5.41) is 17.8. The van der Waals surface area contributed by atoms with Crippen molar-refractivity contribution >= 4 is 27.5 Å². The maximum Gasteiger partial charge on any atom is 0.310 e. The normalized spacial score (nSPS) is 10.6. The highest BCUT2D eigenvalue weighted by Crippen LogP contribution is 2.26. The van der Waals surface area contributed by atoms with Crippen molar-refractivity contribution in [2.45, 2.75) is 13.2 Å². The van der Waals surface area contributed by atoms with Crippen LogP contribution in [0, 0.1) is 10.1 Å². The van der Waals surface area contributed by atoms with Gasteiger partial charge < -0.3 is 14.5 Å². The van der Waals surface area contributed by atoms with Crippen LogP contribution in [0.5, 0.6) is 5.75 Å². The predicted molar refractivity (Wildman–Crippen MR) is 98.4 cm³/mol. The minimum atomic E-state index is -0.519. The molecule has 3 rings (SSSR count). The van der Waals surface area contributed by atoms with Crippen molar-refractivity contribution in [1.82, 2.24) is 15.1 Å². The van der Waals surface area contributed by atoms with Gasteiger partial charge in [0.1, 0.15) is 12.4 Å². The Labute approximate surface area is 162 Å². The van der Waals surface area contributed by atoms with Crippen molar-refractivity contribution in [2.24, 2.45) is 0 Å². The first-order valence-corrected chi connectivity index (χ1v) is 8.73. The summed E-state index contributed by atoms with van der Waals surface area (Å²) in [5.74, 6) is 0.292. The Balaban J connectivity index is 1.52. The van der Waals surface area contributed by atoms with Crippen LogP contribution < -0.4 is 10.1 Å². The first-order chi connectivity index (χ1) is 13.0. The van der Waals surface area contributed by atoms with Gasteiger partial charge in [-0.1, -0.05) is 12.1 Å². The van der Waals surface area contributed by atoms with Gasteiger partial charge in [-0.25, -0.2) is 0 Å². The lowest BCUT2D eigenvalue weighted by Crippen LogP contribution is -2.27. The molecule has 0 aliphatic rings. The summed E-state index contributed by atoms with van der Waals surface area (Å²) >= 11 is 3.30. The van der Waals surface area contributed by atoms with Crippen molar-refractivity contribution in [3.63, 3.8) is 0 Å².